The van der Waals surface area contributed by atoms with Crippen LogP contribution in [0, 0.1) is 5.41 Å². The molecule has 1 saturated heterocycles. The molecule has 11 heteroatoms. The van der Waals surface area contributed by atoms with Crippen LogP contribution in [0.25, 0.3) is 11.6 Å². The number of carbonyl (C=O) groups excluding carboxylic acids is 1. The van der Waals surface area contributed by atoms with Gasteiger partial charge in [0.1, 0.15) is 5.69 Å². The average molecular weight is 410 g/mol. The maximum atomic E-state index is 13.2. The molecule has 1 aliphatic heterocycles. The maximum absolute atomic E-state index is 13.2. The number of likely N-dealkylation sites (tertiary alicyclic amines) is 1. The first kappa shape index (κ1) is 18.4. The molecule has 5 rings (SSSR count). The predicted octanol–water partition coefficient (Wildman–Crippen LogP) is 3.17. The van der Waals surface area contributed by atoms with Crippen LogP contribution in [0.1, 0.15) is 55.7 Å². The molecule has 2 aliphatic carbocycles. The predicted molar refractivity (Wildman–Crippen MR) is 94.8 cm³/mol. The number of aromatic nitrogens is 4. The first-order valence-corrected chi connectivity index (χ1v) is 9.86. The van der Waals surface area contributed by atoms with Crippen LogP contribution in [0.15, 0.2) is 4.42 Å². The lowest BCUT2D eigenvalue weighted by atomic mass is 9.94. The van der Waals surface area contributed by atoms with Crippen LogP contribution >= 0.6 is 0 Å². The van der Waals surface area contributed by atoms with E-state index in [4.69, 9.17) is 4.42 Å². The van der Waals surface area contributed by atoms with E-state index in [9.17, 15) is 18.0 Å². The van der Waals surface area contributed by atoms with E-state index in [-0.39, 0.29) is 41.5 Å². The number of anilines is 1. The van der Waals surface area contributed by atoms with E-state index in [1.165, 1.54) is 12.8 Å². The summed E-state index contributed by atoms with van der Waals surface area (Å²) in [6.45, 7) is 1.51. The molecule has 1 amide bonds. The van der Waals surface area contributed by atoms with E-state index in [0.717, 1.165) is 25.9 Å². The van der Waals surface area contributed by atoms with E-state index in [1.807, 2.05) is 4.90 Å². The summed E-state index contributed by atoms with van der Waals surface area (Å²) >= 11 is 0. The largest absolute Gasteiger partial charge is 0.433 e. The normalized spacial score (nSPS) is 20.9. The van der Waals surface area contributed by atoms with Gasteiger partial charge in [-0.3, -0.25) is 9.89 Å². The van der Waals surface area contributed by atoms with E-state index in [2.05, 4.69) is 25.7 Å². The fourth-order valence-corrected chi connectivity index (χ4v) is 4.06. The first-order chi connectivity index (χ1) is 13.8. The number of carbonyl (C=O) groups is 1. The summed E-state index contributed by atoms with van der Waals surface area (Å²) in [6.07, 6.45) is 1.45. The van der Waals surface area contributed by atoms with Crippen molar-refractivity contribution in [3.8, 4) is 11.6 Å². The van der Waals surface area contributed by atoms with Gasteiger partial charge in [-0.2, -0.15) is 18.3 Å². The number of amides is 1. The van der Waals surface area contributed by atoms with Gasteiger partial charge in [-0.25, -0.2) is 0 Å². The molecular formula is C18H21F3N6O2. The summed E-state index contributed by atoms with van der Waals surface area (Å²) in [6, 6.07) is -0.0117. The molecule has 0 bridgehead atoms. The topological polar surface area (TPSA) is 99.9 Å². The Balaban J connectivity index is 1.24. The van der Waals surface area contributed by atoms with Gasteiger partial charge in [-0.1, -0.05) is 5.10 Å². The Morgan fingerprint density at radius 1 is 1.21 bits per heavy atom. The smallest absolute Gasteiger partial charge is 0.402 e. The van der Waals surface area contributed by atoms with Crippen LogP contribution in [-0.2, 0) is 11.0 Å². The highest BCUT2D eigenvalue weighted by Crippen LogP contribution is 2.53. The average Bonchev–Trinajstić information content (AvgIpc) is 3.57. The van der Waals surface area contributed by atoms with E-state index >= 15 is 0 Å². The fraction of sp³-hybridized carbons (Fsp3) is 0.667. The Morgan fingerprint density at radius 3 is 2.55 bits per heavy atom. The number of alkyl halides is 3. The number of rotatable bonds is 5. The minimum Gasteiger partial charge on any atom is -0.402 e. The van der Waals surface area contributed by atoms with Crippen molar-refractivity contribution in [3.63, 3.8) is 0 Å². The Bertz CT molecular complexity index is 918. The standard InChI is InChI=1S/C18H21F3N6O2/c19-18(20,21)14-12(10-1-2-10)13(23-24-14)15-25-26-16(29-15)22-9-11(28)27-7-5-17(3-4-17)6-8-27/h10H,1-9H2,(H,22,26)(H,23,24). The lowest BCUT2D eigenvalue weighted by Gasteiger charge is -2.32. The van der Waals surface area contributed by atoms with Gasteiger partial charge in [-0.15, -0.1) is 5.10 Å². The lowest BCUT2D eigenvalue weighted by molar-refractivity contribution is -0.141. The Labute approximate surface area is 164 Å². The second kappa shape index (κ2) is 6.46. The lowest BCUT2D eigenvalue weighted by Crippen LogP contribution is -2.41. The van der Waals surface area contributed by atoms with Crippen LogP contribution in [0.3, 0.4) is 0 Å². The van der Waals surface area contributed by atoms with Crippen molar-refractivity contribution < 1.29 is 22.4 Å². The quantitative estimate of drug-likeness (QED) is 0.786. The number of hydrogen-bond acceptors (Lipinski definition) is 6. The number of hydrogen-bond donors (Lipinski definition) is 2. The van der Waals surface area contributed by atoms with Crippen molar-refractivity contribution in [1.29, 1.82) is 0 Å². The van der Waals surface area contributed by atoms with Gasteiger partial charge < -0.3 is 14.6 Å². The van der Waals surface area contributed by atoms with Crippen LogP contribution in [-0.4, -0.2) is 50.8 Å². The molecule has 2 N–H and O–H groups in total. The zero-order chi connectivity index (χ0) is 20.2. The molecule has 8 nitrogen and oxygen atoms in total. The molecule has 1 spiro atoms. The van der Waals surface area contributed by atoms with Crippen molar-refractivity contribution in [1.82, 2.24) is 25.3 Å². The number of nitrogens with zero attached hydrogens (tertiary/aromatic N) is 4. The van der Waals surface area contributed by atoms with Gasteiger partial charge in [-0.05, 0) is 49.9 Å². The summed E-state index contributed by atoms with van der Waals surface area (Å²) in [5, 5.41) is 16.2. The number of piperidine rings is 1. The highest BCUT2D eigenvalue weighted by Gasteiger charge is 2.45. The minimum absolute atomic E-state index is 0.00151. The van der Waals surface area contributed by atoms with Gasteiger partial charge in [0.15, 0.2) is 5.69 Å². The molecular weight excluding hydrogens is 389 g/mol. The fourth-order valence-electron chi connectivity index (χ4n) is 4.06. The van der Waals surface area contributed by atoms with Crippen molar-refractivity contribution in [2.24, 2.45) is 5.41 Å². The third-order valence-corrected chi connectivity index (χ3v) is 6.23. The van der Waals surface area contributed by atoms with Crippen LogP contribution < -0.4 is 5.32 Å². The van der Waals surface area contributed by atoms with Crippen molar-refractivity contribution in [2.75, 3.05) is 25.0 Å². The molecule has 0 aromatic carbocycles. The molecule has 2 aromatic heterocycles. The Morgan fingerprint density at radius 2 is 1.93 bits per heavy atom. The monoisotopic (exact) mass is 410 g/mol. The molecule has 2 aromatic rings. The highest BCUT2D eigenvalue weighted by molar-refractivity contribution is 5.80. The molecule has 0 unspecified atom stereocenters. The third kappa shape index (κ3) is 3.58. The summed E-state index contributed by atoms with van der Waals surface area (Å²) < 4.78 is 45.1. The second-order valence-electron chi connectivity index (χ2n) is 8.28. The molecule has 0 radical (unpaired) electrons. The van der Waals surface area contributed by atoms with Crippen LogP contribution in [0.5, 0.6) is 0 Å². The number of aromatic amines is 1. The van der Waals surface area contributed by atoms with Gasteiger partial charge >= 0.3 is 12.2 Å². The van der Waals surface area contributed by atoms with Crippen LogP contribution in [0.4, 0.5) is 19.2 Å². The van der Waals surface area contributed by atoms with E-state index in [0.29, 0.717) is 18.3 Å². The molecule has 0 atom stereocenters. The highest BCUT2D eigenvalue weighted by atomic mass is 19.4. The molecule has 3 aliphatic rings. The summed E-state index contributed by atoms with van der Waals surface area (Å²) in [5.74, 6) is -0.362. The Hall–Kier alpha value is -2.59. The number of nitrogens with one attached hydrogen (secondary N) is 2. The van der Waals surface area contributed by atoms with Gasteiger partial charge in [0.25, 0.3) is 5.89 Å². The molecule has 2 saturated carbocycles. The molecule has 156 valence electrons. The maximum Gasteiger partial charge on any atom is 0.433 e. The summed E-state index contributed by atoms with van der Waals surface area (Å²) in [4.78, 5) is 14.2. The SMILES string of the molecule is O=C(CNc1nnc(-c2n[nH]c(C(F)(F)F)c2C2CC2)o1)N1CCC2(CC1)CC2. The Kier molecular flexibility index (Phi) is 4.11. The number of halogens is 3. The number of H-pyrrole nitrogens is 1. The van der Waals surface area contributed by atoms with Gasteiger partial charge in [0.2, 0.25) is 5.91 Å². The first-order valence-electron chi connectivity index (χ1n) is 9.86. The van der Waals surface area contributed by atoms with E-state index in [1.54, 1.807) is 0 Å². The van der Waals surface area contributed by atoms with Gasteiger partial charge in [0.05, 0.1) is 6.54 Å². The zero-order valence-electron chi connectivity index (χ0n) is 15.7. The van der Waals surface area contributed by atoms with Crippen LogP contribution in [0.2, 0.25) is 0 Å². The van der Waals surface area contributed by atoms with Crippen molar-refractivity contribution in [3.05, 3.63) is 11.3 Å². The minimum atomic E-state index is -4.52. The molecule has 3 heterocycles. The zero-order valence-corrected chi connectivity index (χ0v) is 15.7. The van der Waals surface area contributed by atoms with Crippen molar-refractivity contribution in [2.45, 2.75) is 50.6 Å². The van der Waals surface area contributed by atoms with Gasteiger partial charge in [0, 0.05) is 18.7 Å². The molecule has 29 heavy (non-hydrogen) atoms. The third-order valence-electron chi connectivity index (χ3n) is 6.23. The summed E-state index contributed by atoms with van der Waals surface area (Å²) in [5.41, 5.74) is -0.274. The van der Waals surface area contributed by atoms with E-state index < -0.39 is 11.9 Å². The second-order valence-corrected chi connectivity index (χ2v) is 8.28. The summed E-state index contributed by atoms with van der Waals surface area (Å²) in [7, 11) is 0. The molecule has 3 fully saturated rings. The van der Waals surface area contributed by atoms with Crippen molar-refractivity contribution >= 4 is 11.9 Å².